The van der Waals surface area contributed by atoms with Gasteiger partial charge in [-0.05, 0) is 39.5 Å². The Kier molecular flexibility index (Phi) is 3.50. The molecule has 0 spiro atoms. The van der Waals surface area contributed by atoms with Crippen LogP contribution in [0.3, 0.4) is 0 Å². The van der Waals surface area contributed by atoms with Gasteiger partial charge in [0.25, 0.3) is 0 Å². The summed E-state index contributed by atoms with van der Waals surface area (Å²) in [6, 6.07) is 0.590. The monoisotopic (exact) mass is 234 g/mol. The van der Waals surface area contributed by atoms with E-state index in [0.29, 0.717) is 6.04 Å². The summed E-state index contributed by atoms with van der Waals surface area (Å²) in [5.41, 5.74) is 1.12. The predicted octanol–water partition coefficient (Wildman–Crippen LogP) is 2.74. The first-order valence-corrected chi connectivity index (χ1v) is 6.45. The van der Waals surface area contributed by atoms with Gasteiger partial charge in [0.05, 0.1) is 0 Å². The summed E-state index contributed by atoms with van der Waals surface area (Å²) in [6.45, 7) is 9.27. The lowest BCUT2D eigenvalue weighted by atomic mass is 9.82. The SMILES string of the molecule is CCNc1nc(C)nc(NC2CC(C)C2)c1C. The van der Waals surface area contributed by atoms with Gasteiger partial charge in [-0.15, -0.1) is 0 Å². The Labute approximate surface area is 103 Å². The fourth-order valence-electron chi connectivity index (χ4n) is 2.32. The van der Waals surface area contributed by atoms with Crippen LogP contribution in [0.25, 0.3) is 0 Å². The lowest BCUT2D eigenvalue weighted by molar-refractivity contribution is 0.308. The Balaban J connectivity index is 2.15. The molecule has 1 aliphatic rings. The maximum atomic E-state index is 4.50. The quantitative estimate of drug-likeness (QED) is 0.841. The minimum absolute atomic E-state index is 0.590. The number of rotatable bonds is 4. The molecular weight excluding hydrogens is 212 g/mol. The van der Waals surface area contributed by atoms with Crippen molar-refractivity contribution in [1.29, 1.82) is 0 Å². The smallest absolute Gasteiger partial charge is 0.134 e. The summed E-state index contributed by atoms with van der Waals surface area (Å²) < 4.78 is 0. The Morgan fingerprint density at radius 2 is 1.82 bits per heavy atom. The molecule has 4 nitrogen and oxygen atoms in total. The van der Waals surface area contributed by atoms with Crippen LogP contribution in [0, 0.1) is 19.8 Å². The van der Waals surface area contributed by atoms with Gasteiger partial charge in [-0.1, -0.05) is 6.92 Å². The zero-order valence-corrected chi connectivity index (χ0v) is 11.2. The van der Waals surface area contributed by atoms with Crippen molar-refractivity contribution in [3.05, 3.63) is 11.4 Å². The van der Waals surface area contributed by atoms with E-state index < -0.39 is 0 Å². The van der Waals surface area contributed by atoms with Crippen LogP contribution in [-0.4, -0.2) is 22.6 Å². The van der Waals surface area contributed by atoms with E-state index in [4.69, 9.17) is 0 Å². The van der Waals surface area contributed by atoms with Gasteiger partial charge in [0, 0.05) is 18.2 Å². The second-order valence-electron chi connectivity index (χ2n) is 5.04. The standard InChI is InChI=1S/C13H22N4/c1-5-14-12-9(3)13(16-10(4)15-12)17-11-6-8(2)7-11/h8,11H,5-7H2,1-4H3,(H2,14,15,16,17). The molecule has 0 amide bonds. The summed E-state index contributed by atoms with van der Waals surface area (Å²) in [4.78, 5) is 8.93. The molecule has 0 unspecified atom stereocenters. The molecule has 1 saturated carbocycles. The van der Waals surface area contributed by atoms with Crippen molar-refractivity contribution in [1.82, 2.24) is 9.97 Å². The van der Waals surface area contributed by atoms with E-state index in [0.717, 1.165) is 35.5 Å². The number of anilines is 2. The van der Waals surface area contributed by atoms with Crippen LogP contribution >= 0.6 is 0 Å². The van der Waals surface area contributed by atoms with Gasteiger partial charge >= 0.3 is 0 Å². The molecule has 0 atom stereocenters. The first kappa shape index (κ1) is 12.1. The van der Waals surface area contributed by atoms with Crippen molar-refractivity contribution in [2.45, 2.75) is 46.6 Å². The van der Waals surface area contributed by atoms with Crippen LogP contribution in [0.5, 0.6) is 0 Å². The first-order chi connectivity index (χ1) is 8.10. The minimum Gasteiger partial charge on any atom is -0.370 e. The molecule has 4 heteroatoms. The molecule has 2 rings (SSSR count). The van der Waals surface area contributed by atoms with Gasteiger partial charge in [-0.2, -0.15) is 0 Å². The summed E-state index contributed by atoms with van der Waals surface area (Å²) in [6.07, 6.45) is 2.50. The van der Waals surface area contributed by atoms with Crippen LogP contribution in [0.2, 0.25) is 0 Å². The fourth-order valence-corrected chi connectivity index (χ4v) is 2.32. The van der Waals surface area contributed by atoms with Gasteiger partial charge in [0.1, 0.15) is 17.5 Å². The third-order valence-electron chi connectivity index (χ3n) is 3.32. The number of nitrogens with one attached hydrogen (secondary N) is 2. The molecule has 17 heavy (non-hydrogen) atoms. The van der Waals surface area contributed by atoms with Crippen LogP contribution in [-0.2, 0) is 0 Å². The van der Waals surface area contributed by atoms with E-state index >= 15 is 0 Å². The van der Waals surface area contributed by atoms with Crippen molar-refractivity contribution in [2.75, 3.05) is 17.2 Å². The van der Waals surface area contributed by atoms with Crippen molar-refractivity contribution >= 4 is 11.6 Å². The largest absolute Gasteiger partial charge is 0.370 e. The Morgan fingerprint density at radius 3 is 2.41 bits per heavy atom. The highest BCUT2D eigenvalue weighted by Gasteiger charge is 2.26. The molecule has 0 radical (unpaired) electrons. The summed E-state index contributed by atoms with van der Waals surface area (Å²) >= 11 is 0. The van der Waals surface area contributed by atoms with Crippen LogP contribution in [0.1, 0.15) is 38.1 Å². The highest BCUT2D eigenvalue weighted by atomic mass is 15.1. The predicted molar refractivity (Wildman–Crippen MR) is 71.5 cm³/mol. The second kappa shape index (κ2) is 4.90. The summed E-state index contributed by atoms with van der Waals surface area (Å²) in [5, 5.41) is 6.81. The van der Waals surface area contributed by atoms with Crippen LogP contribution in [0.4, 0.5) is 11.6 Å². The van der Waals surface area contributed by atoms with Crippen molar-refractivity contribution in [2.24, 2.45) is 5.92 Å². The van der Waals surface area contributed by atoms with E-state index in [-0.39, 0.29) is 0 Å². The van der Waals surface area contributed by atoms with Gasteiger partial charge in [-0.3, -0.25) is 0 Å². The number of aryl methyl sites for hydroxylation is 1. The van der Waals surface area contributed by atoms with Gasteiger partial charge in [-0.25, -0.2) is 9.97 Å². The third-order valence-corrected chi connectivity index (χ3v) is 3.32. The Hall–Kier alpha value is -1.32. The maximum Gasteiger partial charge on any atom is 0.134 e. The number of hydrogen-bond acceptors (Lipinski definition) is 4. The summed E-state index contributed by atoms with van der Waals surface area (Å²) in [7, 11) is 0. The molecule has 2 N–H and O–H groups in total. The third kappa shape index (κ3) is 2.68. The maximum absolute atomic E-state index is 4.50. The van der Waals surface area contributed by atoms with Crippen molar-refractivity contribution in [3.8, 4) is 0 Å². The molecule has 0 saturated heterocycles. The molecule has 1 aliphatic carbocycles. The van der Waals surface area contributed by atoms with Gasteiger partial charge < -0.3 is 10.6 Å². The second-order valence-corrected chi connectivity index (χ2v) is 5.04. The van der Waals surface area contributed by atoms with E-state index in [1.807, 2.05) is 6.92 Å². The molecule has 0 bridgehead atoms. The Morgan fingerprint density at radius 1 is 1.18 bits per heavy atom. The molecule has 1 aromatic rings. The van der Waals surface area contributed by atoms with Crippen LogP contribution in [0.15, 0.2) is 0 Å². The van der Waals surface area contributed by atoms with Gasteiger partial charge in [0.2, 0.25) is 0 Å². The lowest BCUT2D eigenvalue weighted by Crippen LogP contribution is -2.34. The zero-order valence-electron chi connectivity index (χ0n) is 11.2. The number of nitrogens with zero attached hydrogens (tertiary/aromatic N) is 2. The molecule has 0 aromatic carbocycles. The molecule has 1 aromatic heterocycles. The molecular formula is C13H22N4. The number of aromatic nitrogens is 2. The zero-order chi connectivity index (χ0) is 12.4. The van der Waals surface area contributed by atoms with E-state index in [2.05, 4.69) is 41.4 Å². The molecule has 1 heterocycles. The van der Waals surface area contributed by atoms with E-state index in [9.17, 15) is 0 Å². The highest BCUT2D eigenvalue weighted by molar-refractivity contribution is 5.57. The summed E-state index contributed by atoms with van der Waals surface area (Å²) in [5.74, 6) is 3.62. The average molecular weight is 234 g/mol. The molecule has 0 aliphatic heterocycles. The van der Waals surface area contributed by atoms with E-state index in [1.54, 1.807) is 0 Å². The van der Waals surface area contributed by atoms with Gasteiger partial charge in [0.15, 0.2) is 0 Å². The lowest BCUT2D eigenvalue weighted by Gasteiger charge is -2.34. The number of hydrogen-bond donors (Lipinski definition) is 2. The first-order valence-electron chi connectivity index (χ1n) is 6.45. The topological polar surface area (TPSA) is 49.8 Å². The van der Waals surface area contributed by atoms with Crippen molar-refractivity contribution < 1.29 is 0 Å². The molecule has 1 fully saturated rings. The molecule has 94 valence electrons. The normalized spacial score (nSPS) is 23.1. The van der Waals surface area contributed by atoms with E-state index in [1.165, 1.54) is 12.8 Å². The Bertz CT molecular complexity index is 397. The minimum atomic E-state index is 0.590. The van der Waals surface area contributed by atoms with Crippen LogP contribution < -0.4 is 10.6 Å². The fraction of sp³-hybridized carbons (Fsp3) is 0.692. The average Bonchev–Trinajstić information content (AvgIpc) is 2.23. The highest BCUT2D eigenvalue weighted by Crippen LogP contribution is 2.30. The van der Waals surface area contributed by atoms with Crippen molar-refractivity contribution in [3.63, 3.8) is 0 Å².